The number of nitrogens with two attached hydrogens (primary N) is 1. The fraction of sp³-hybridized carbons (Fsp3) is 0.133. The number of aryl methyl sites for hydroxylation is 1. The number of rotatable bonds is 2. The summed E-state index contributed by atoms with van der Waals surface area (Å²) in [5.74, 6) is 0. The minimum Gasteiger partial charge on any atom is -0.320 e. The predicted octanol–water partition coefficient (Wildman–Crippen LogP) is 3.65. The van der Waals surface area contributed by atoms with Gasteiger partial charge in [0.15, 0.2) is 0 Å². The van der Waals surface area contributed by atoms with Gasteiger partial charge in [-0.25, -0.2) is 0 Å². The number of thiophene rings is 1. The van der Waals surface area contributed by atoms with E-state index in [0.29, 0.717) is 0 Å². The van der Waals surface area contributed by atoms with Gasteiger partial charge in [0.25, 0.3) is 0 Å². The molecule has 2 N–H and O–H groups in total. The van der Waals surface area contributed by atoms with Gasteiger partial charge >= 0.3 is 0 Å². The van der Waals surface area contributed by atoms with Crippen molar-refractivity contribution in [3.63, 3.8) is 0 Å². The van der Waals surface area contributed by atoms with Crippen LogP contribution in [0.1, 0.15) is 22.2 Å². The quantitative estimate of drug-likeness (QED) is 0.758. The van der Waals surface area contributed by atoms with Gasteiger partial charge in [-0.05, 0) is 36.1 Å². The number of nitrogens with zero attached hydrogens (tertiary/aromatic N) is 1. The summed E-state index contributed by atoms with van der Waals surface area (Å²) in [5, 5.41) is 3.20. The lowest BCUT2D eigenvalue weighted by atomic mass is 10.0. The minimum atomic E-state index is -0.0726. The van der Waals surface area contributed by atoms with Crippen LogP contribution in [-0.4, -0.2) is 4.98 Å². The van der Waals surface area contributed by atoms with Gasteiger partial charge < -0.3 is 5.73 Å². The molecule has 0 aliphatic carbocycles. The number of hydrogen-bond donors (Lipinski definition) is 1. The molecule has 0 radical (unpaired) electrons. The molecule has 0 saturated carbocycles. The second-order valence-corrected chi connectivity index (χ2v) is 5.34. The van der Waals surface area contributed by atoms with Gasteiger partial charge in [0, 0.05) is 16.0 Å². The van der Waals surface area contributed by atoms with Crippen LogP contribution in [0.25, 0.3) is 10.9 Å². The molecule has 0 aliphatic heterocycles. The first kappa shape index (κ1) is 11.4. The van der Waals surface area contributed by atoms with Crippen LogP contribution >= 0.6 is 11.3 Å². The van der Waals surface area contributed by atoms with E-state index >= 15 is 0 Å². The second kappa shape index (κ2) is 4.52. The molecular weight excluding hydrogens is 240 g/mol. The van der Waals surface area contributed by atoms with E-state index in [-0.39, 0.29) is 6.04 Å². The summed E-state index contributed by atoms with van der Waals surface area (Å²) in [4.78, 5) is 5.73. The van der Waals surface area contributed by atoms with E-state index in [1.54, 1.807) is 11.3 Å². The van der Waals surface area contributed by atoms with Crippen LogP contribution in [0.15, 0.2) is 47.8 Å². The average Bonchev–Trinajstić information content (AvgIpc) is 2.90. The zero-order valence-electron chi connectivity index (χ0n) is 10.1. The SMILES string of the molecule is Cc1cc(C(N)c2cccs2)c2ccccc2n1. The Hall–Kier alpha value is -1.71. The van der Waals surface area contributed by atoms with E-state index in [0.717, 1.165) is 22.2 Å². The lowest BCUT2D eigenvalue weighted by Crippen LogP contribution is -2.11. The average molecular weight is 254 g/mol. The first-order valence-corrected chi connectivity index (χ1v) is 6.79. The number of para-hydroxylation sites is 1. The van der Waals surface area contributed by atoms with Crippen LogP contribution in [0.2, 0.25) is 0 Å². The highest BCUT2D eigenvalue weighted by atomic mass is 32.1. The Bertz CT molecular complexity index is 674. The van der Waals surface area contributed by atoms with Gasteiger partial charge in [-0.2, -0.15) is 0 Å². The normalized spacial score (nSPS) is 12.8. The molecule has 1 aromatic carbocycles. The lowest BCUT2D eigenvalue weighted by molar-refractivity contribution is 0.898. The number of benzene rings is 1. The Balaban J connectivity index is 2.22. The van der Waals surface area contributed by atoms with E-state index in [2.05, 4.69) is 28.6 Å². The van der Waals surface area contributed by atoms with Crippen molar-refractivity contribution in [2.24, 2.45) is 5.73 Å². The van der Waals surface area contributed by atoms with Crippen LogP contribution < -0.4 is 5.73 Å². The maximum Gasteiger partial charge on any atom is 0.0708 e. The molecule has 0 fully saturated rings. The third-order valence-corrected chi connectivity index (χ3v) is 4.02. The van der Waals surface area contributed by atoms with Gasteiger partial charge in [-0.15, -0.1) is 11.3 Å². The molecule has 0 spiro atoms. The van der Waals surface area contributed by atoms with Gasteiger partial charge in [0.2, 0.25) is 0 Å². The molecule has 3 rings (SSSR count). The van der Waals surface area contributed by atoms with Crippen LogP contribution in [0.3, 0.4) is 0 Å². The molecule has 2 nitrogen and oxygen atoms in total. The van der Waals surface area contributed by atoms with E-state index in [4.69, 9.17) is 5.73 Å². The van der Waals surface area contributed by atoms with E-state index in [1.807, 2.05) is 31.2 Å². The molecule has 0 amide bonds. The summed E-state index contributed by atoms with van der Waals surface area (Å²) in [6.07, 6.45) is 0. The maximum atomic E-state index is 6.38. The molecule has 1 atom stereocenters. The summed E-state index contributed by atoms with van der Waals surface area (Å²) in [6.45, 7) is 2.01. The van der Waals surface area contributed by atoms with E-state index in [1.165, 1.54) is 4.88 Å². The Kier molecular flexibility index (Phi) is 2.86. The third kappa shape index (κ3) is 1.92. The van der Waals surface area contributed by atoms with Gasteiger partial charge in [0.05, 0.1) is 11.6 Å². The zero-order chi connectivity index (χ0) is 12.5. The molecule has 3 aromatic rings. The number of aromatic nitrogens is 1. The molecule has 3 heteroatoms. The van der Waals surface area contributed by atoms with Gasteiger partial charge in [-0.3, -0.25) is 4.98 Å². The highest BCUT2D eigenvalue weighted by Gasteiger charge is 2.14. The van der Waals surface area contributed by atoms with Crippen molar-refractivity contribution in [3.05, 3.63) is 64.0 Å². The molecule has 0 saturated heterocycles. The fourth-order valence-electron chi connectivity index (χ4n) is 2.22. The van der Waals surface area contributed by atoms with Crippen LogP contribution in [0, 0.1) is 6.92 Å². The van der Waals surface area contributed by atoms with Crippen LogP contribution in [0.5, 0.6) is 0 Å². The van der Waals surface area contributed by atoms with Crippen molar-refractivity contribution < 1.29 is 0 Å². The fourth-order valence-corrected chi connectivity index (χ4v) is 2.96. The molecule has 0 aliphatic rings. The van der Waals surface area contributed by atoms with Crippen LogP contribution in [0.4, 0.5) is 0 Å². The molecule has 90 valence electrons. The number of fused-ring (bicyclic) bond motifs is 1. The Morgan fingerprint density at radius 1 is 1.17 bits per heavy atom. The predicted molar refractivity (Wildman–Crippen MR) is 76.8 cm³/mol. The van der Waals surface area contributed by atoms with Crippen molar-refractivity contribution in [1.29, 1.82) is 0 Å². The zero-order valence-corrected chi connectivity index (χ0v) is 10.9. The summed E-state index contributed by atoms with van der Waals surface area (Å²) in [7, 11) is 0. The molecule has 1 unspecified atom stereocenters. The molecule has 2 heterocycles. The van der Waals surface area contributed by atoms with Crippen molar-refractivity contribution in [3.8, 4) is 0 Å². The Morgan fingerprint density at radius 2 is 2.00 bits per heavy atom. The third-order valence-electron chi connectivity index (χ3n) is 3.06. The summed E-state index contributed by atoms with van der Waals surface area (Å²) in [5.41, 5.74) is 9.55. The van der Waals surface area contributed by atoms with Crippen molar-refractivity contribution in [2.45, 2.75) is 13.0 Å². The summed E-state index contributed by atoms with van der Waals surface area (Å²) >= 11 is 1.69. The van der Waals surface area contributed by atoms with Crippen molar-refractivity contribution >= 4 is 22.2 Å². The molecule has 2 aromatic heterocycles. The lowest BCUT2D eigenvalue weighted by Gasteiger charge is -2.14. The highest BCUT2D eigenvalue weighted by Crippen LogP contribution is 2.29. The largest absolute Gasteiger partial charge is 0.320 e. The standard InChI is InChI=1S/C15H14N2S/c1-10-9-12(15(16)14-7-4-8-18-14)11-5-2-3-6-13(11)17-10/h2-9,15H,16H2,1H3. The first-order chi connectivity index (χ1) is 8.75. The Labute approximate surface area is 110 Å². The summed E-state index contributed by atoms with van der Waals surface area (Å²) in [6, 6.07) is 14.3. The first-order valence-electron chi connectivity index (χ1n) is 5.91. The monoisotopic (exact) mass is 254 g/mol. The number of hydrogen-bond acceptors (Lipinski definition) is 3. The molecular formula is C15H14N2S. The number of pyridine rings is 1. The van der Waals surface area contributed by atoms with Crippen LogP contribution in [-0.2, 0) is 0 Å². The minimum absolute atomic E-state index is 0.0726. The van der Waals surface area contributed by atoms with Crippen molar-refractivity contribution in [2.75, 3.05) is 0 Å². The maximum absolute atomic E-state index is 6.38. The Morgan fingerprint density at radius 3 is 2.78 bits per heavy atom. The molecule has 18 heavy (non-hydrogen) atoms. The smallest absolute Gasteiger partial charge is 0.0708 e. The van der Waals surface area contributed by atoms with Gasteiger partial charge in [0.1, 0.15) is 0 Å². The van der Waals surface area contributed by atoms with E-state index in [9.17, 15) is 0 Å². The molecule has 0 bridgehead atoms. The van der Waals surface area contributed by atoms with E-state index < -0.39 is 0 Å². The topological polar surface area (TPSA) is 38.9 Å². The van der Waals surface area contributed by atoms with Crippen molar-refractivity contribution in [1.82, 2.24) is 4.98 Å². The highest BCUT2D eigenvalue weighted by molar-refractivity contribution is 7.10. The summed E-state index contributed by atoms with van der Waals surface area (Å²) < 4.78 is 0. The second-order valence-electron chi connectivity index (χ2n) is 4.36. The van der Waals surface area contributed by atoms with Gasteiger partial charge in [-0.1, -0.05) is 24.3 Å².